The van der Waals surface area contributed by atoms with Crippen molar-refractivity contribution in [2.45, 2.75) is 44.6 Å². The summed E-state index contributed by atoms with van der Waals surface area (Å²) in [6.45, 7) is 12.5. The van der Waals surface area contributed by atoms with Crippen LogP contribution in [0.4, 0.5) is 8.78 Å². The molecule has 2 aromatic carbocycles. The second-order valence-corrected chi connectivity index (χ2v) is 12.5. The molecule has 12 heteroatoms. The molecule has 0 aliphatic heterocycles. The van der Waals surface area contributed by atoms with E-state index < -0.39 is 22.0 Å². The van der Waals surface area contributed by atoms with E-state index >= 15 is 0 Å². The molecule has 0 fully saturated rings. The van der Waals surface area contributed by atoms with E-state index in [1.807, 2.05) is 58.0 Å². The summed E-state index contributed by atoms with van der Waals surface area (Å²) >= 11 is 4.52. The minimum atomic E-state index is -0.999. The van der Waals surface area contributed by atoms with Gasteiger partial charge >= 0.3 is 7.48 Å². The summed E-state index contributed by atoms with van der Waals surface area (Å²) in [7, 11) is 1.23. The number of thiol groups is 1. The van der Waals surface area contributed by atoms with Crippen molar-refractivity contribution in [3.05, 3.63) is 78.0 Å². The van der Waals surface area contributed by atoms with Gasteiger partial charge in [0.25, 0.3) is 0 Å². The summed E-state index contributed by atoms with van der Waals surface area (Å²) in [5.74, 6) is -1.63. The number of hydrogen-bond acceptors (Lipinski definition) is 9. The maximum Gasteiger partial charge on any atom is 0.333 e. The van der Waals surface area contributed by atoms with Gasteiger partial charge in [0.15, 0.2) is 11.6 Å². The molecule has 3 aromatic rings. The average Bonchev–Trinajstić information content (AvgIpc) is 3.03. The first kappa shape index (κ1) is 37.9. The van der Waals surface area contributed by atoms with E-state index in [4.69, 9.17) is 33.1 Å². The number of rotatable bonds is 23. The van der Waals surface area contributed by atoms with Crippen LogP contribution in [0.15, 0.2) is 60.8 Å². The maximum atomic E-state index is 14.9. The Balaban J connectivity index is 1.19. The number of halogens is 2. The van der Waals surface area contributed by atoms with Gasteiger partial charge in [0.2, 0.25) is 5.88 Å². The van der Waals surface area contributed by atoms with E-state index in [0.29, 0.717) is 77.5 Å². The average molecular weight is 661 g/mol. The zero-order valence-corrected chi connectivity index (χ0v) is 28.0. The lowest BCUT2D eigenvalue weighted by molar-refractivity contribution is -0.0140. The summed E-state index contributed by atoms with van der Waals surface area (Å²) in [5.41, 5.74) is 0.952. The van der Waals surface area contributed by atoms with Gasteiger partial charge in [0.1, 0.15) is 6.61 Å². The van der Waals surface area contributed by atoms with Gasteiger partial charge in [0, 0.05) is 28.1 Å². The van der Waals surface area contributed by atoms with Crippen LogP contribution in [0.3, 0.4) is 0 Å². The SMILES string of the molecule is CC(C)(S)C(C)(C)O[B]c1ccc(-c2ccc(OCCOCCOCCOCCOCCOCc3ccccc3)nc2)c(F)c1F. The zero-order chi connectivity index (χ0) is 33.3. The summed E-state index contributed by atoms with van der Waals surface area (Å²) in [6.07, 6.45) is 1.43. The molecule has 1 radical (unpaired) electrons. The van der Waals surface area contributed by atoms with Crippen molar-refractivity contribution in [2.75, 3.05) is 66.1 Å². The van der Waals surface area contributed by atoms with E-state index in [-0.39, 0.29) is 17.6 Å². The largest absolute Gasteiger partial charge is 0.475 e. The fourth-order valence-electron chi connectivity index (χ4n) is 3.71. The molecule has 3 rings (SSSR count). The summed E-state index contributed by atoms with van der Waals surface area (Å²) in [4.78, 5) is 4.20. The van der Waals surface area contributed by atoms with Gasteiger partial charge in [-0.1, -0.05) is 42.5 Å². The molecule has 8 nitrogen and oxygen atoms in total. The van der Waals surface area contributed by atoms with Crippen molar-refractivity contribution in [2.24, 2.45) is 0 Å². The number of ether oxygens (including phenoxy) is 6. The van der Waals surface area contributed by atoms with Gasteiger partial charge in [-0.05, 0) is 44.8 Å². The Morgan fingerprint density at radius 1 is 0.674 bits per heavy atom. The molecule has 0 amide bonds. The molecule has 0 spiro atoms. The molecule has 0 atom stereocenters. The molecule has 0 unspecified atom stereocenters. The van der Waals surface area contributed by atoms with Crippen LogP contribution >= 0.6 is 12.6 Å². The van der Waals surface area contributed by atoms with Crippen molar-refractivity contribution in [1.82, 2.24) is 4.98 Å². The molecule has 0 saturated carbocycles. The molecule has 1 heterocycles. The Bertz CT molecular complexity index is 1280. The molecule has 0 bridgehead atoms. The number of pyridine rings is 1. The van der Waals surface area contributed by atoms with E-state index in [1.54, 1.807) is 12.1 Å². The molecule has 0 saturated heterocycles. The standard InChI is InChI=1S/C34H45BF2NO7S/c1-33(2,34(3,4)46)45-35-29-12-11-28(31(36)32(29)37)27-10-13-30(38-24-27)44-23-22-42-19-18-40-15-14-39-16-17-41-20-21-43-25-26-8-6-5-7-9-26/h5-13,24,46H,14-23,25H2,1-4H3. The number of benzene rings is 2. The quantitative estimate of drug-likeness (QED) is 0.0820. The molecule has 1 aromatic heterocycles. The Hall–Kier alpha value is -2.58. The van der Waals surface area contributed by atoms with E-state index in [0.717, 1.165) is 5.56 Å². The Labute approximate surface area is 277 Å². The van der Waals surface area contributed by atoms with Crippen LogP contribution in [-0.2, 0) is 34.9 Å². The first-order valence-electron chi connectivity index (χ1n) is 15.3. The van der Waals surface area contributed by atoms with E-state index in [1.165, 1.54) is 25.8 Å². The first-order valence-corrected chi connectivity index (χ1v) is 15.8. The minimum Gasteiger partial charge on any atom is -0.475 e. The van der Waals surface area contributed by atoms with Crippen molar-refractivity contribution in [3.63, 3.8) is 0 Å². The van der Waals surface area contributed by atoms with Gasteiger partial charge in [-0.25, -0.2) is 13.8 Å². The topological polar surface area (TPSA) is 77.5 Å². The van der Waals surface area contributed by atoms with Crippen LogP contribution in [0.2, 0.25) is 0 Å². The van der Waals surface area contributed by atoms with Gasteiger partial charge in [-0.3, -0.25) is 0 Å². The molecule has 0 N–H and O–H groups in total. The smallest absolute Gasteiger partial charge is 0.333 e. The molecule has 0 aliphatic rings. The van der Waals surface area contributed by atoms with Crippen LogP contribution in [0.25, 0.3) is 11.1 Å². The second kappa shape index (κ2) is 19.9. The third kappa shape index (κ3) is 13.3. The summed E-state index contributed by atoms with van der Waals surface area (Å²) in [6, 6.07) is 16.2. The third-order valence-electron chi connectivity index (χ3n) is 7.19. The molecular weight excluding hydrogens is 615 g/mol. The summed E-state index contributed by atoms with van der Waals surface area (Å²) in [5, 5.41) is 0. The third-order valence-corrected chi connectivity index (χ3v) is 7.73. The van der Waals surface area contributed by atoms with E-state index in [2.05, 4.69) is 17.6 Å². The van der Waals surface area contributed by atoms with Crippen LogP contribution in [-0.4, -0.2) is 88.9 Å². The Morgan fingerprint density at radius 3 is 1.78 bits per heavy atom. The molecule has 0 aliphatic carbocycles. The van der Waals surface area contributed by atoms with Crippen molar-refractivity contribution in [3.8, 4) is 17.0 Å². The predicted molar refractivity (Wildman–Crippen MR) is 178 cm³/mol. The highest BCUT2D eigenvalue weighted by molar-refractivity contribution is 7.81. The lowest BCUT2D eigenvalue weighted by atomic mass is 9.82. The van der Waals surface area contributed by atoms with Crippen LogP contribution in [0, 0.1) is 11.6 Å². The molecule has 46 heavy (non-hydrogen) atoms. The fourth-order valence-corrected chi connectivity index (χ4v) is 3.76. The summed E-state index contributed by atoms with van der Waals surface area (Å²) < 4.78 is 68.0. The monoisotopic (exact) mass is 660 g/mol. The van der Waals surface area contributed by atoms with Gasteiger partial charge in [-0.15, -0.1) is 0 Å². The van der Waals surface area contributed by atoms with Crippen LogP contribution in [0.1, 0.15) is 33.3 Å². The van der Waals surface area contributed by atoms with Crippen molar-refractivity contribution < 1.29 is 41.9 Å². The lowest BCUT2D eigenvalue weighted by Crippen LogP contribution is -2.46. The molecular formula is C34H45BF2NO7S. The normalized spacial score (nSPS) is 12.0. The Kier molecular flexibility index (Phi) is 16.4. The van der Waals surface area contributed by atoms with Crippen LogP contribution in [0.5, 0.6) is 5.88 Å². The Morgan fingerprint density at radius 2 is 1.24 bits per heavy atom. The van der Waals surface area contributed by atoms with E-state index in [9.17, 15) is 8.78 Å². The number of hydrogen-bond donors (Lipinski definition) is 1. The maximum absolute atomic E-state index is 14.9. The van der Waals surface area contributed by atoms with Gasteiger partial charge in [0.05, 0.1) is 71.7 Å². The molecule has 251 valence electrons. The second-order valence-electron chi connectivity index (χ2n) is 11.4. The van der Waals surface area contributed by atoms with Gasteiger partial charge < -0.3 is 33.1 Å². The zero-order valence-electron chi connectivity index (χ0n) is 27.1. The van der Waals surface area contributed by atoms with Crippen LogP contribution < -0.4 is 10.2 Å². The highest BCUT2D eigenvalue weighted by Gasteiger charge is 2.35. The minimum absolute atomic E-state index is 0.0107. The lowest BCUT2D eigenvalue weighted by Gasteiger charge is -2.38. The van der Waals surface area contributed by atoms with Crippen molar-refractivity contribution >= 4 is 25.6 Å². The number of aromatic nitrogens is 1. The fraction of sp³-hybridized carbons (Fsp3) is 0.500. The highest BCUT2D eigenvalue weighted by atomic mass is 32.1. The highest BCUT2D eigenvalue weighted by Crippen LogP contribution is 2.31. The predicted octanol–water partition coefficient (Wildman–Crippen LogP) is 5.44. The first-order chi connectivity index (χ1) is 22.1. The van der Waals surface area contributed by atoms with Gasteiger partial charge in [-0.2, -0.15) is 12.6 Å². The number of nitrogens with zero attached hydrogens (tertiary/aromatic N) is 1. The van der Waals surface area contributed by atoms with Crippen molar-refractivity contribution in [1.29, 1.82) is 0 Å².